The average molecular weight is 299 g/mol. The zero-order chi connectivity index (χ0) is 11.1. The van der Waals surface area contributed by atoms with Crippen molar-refractivity contribution in [1.82, 2.24) is 0 Å². The number of hydrogen-bond acceptors (Lipinski definition) is 3. The van der Waals surface area contributed by atoms with Gasteiger partial charge in [0.15, 0.2) is 0 Å². The van der Waals surface area contributed by atoms with Gasteiger partial charge in [-0.3, -0.25) is 0 Å². The first kappa shape index (κ1) is 10.5. The zero-order valence-corrected chi connectivity index (χ0v) is 11.7. The van der Waals surface area contributed by atoms with E-state index in [9.17, 15) is 0 Å². The summed E-state index contributed by atoms with van der Waals surface area (Å²) in [6.45, 7) is 5.63. The van der Waals surface area contributed by atoms with E-state index < -0.39 is 0 Å². The van der Waals surface area contributed by atoms with Crippen molar-refractivity contribution < 1.29 is 9.47 Å². The van der Waals surface area contributed by atoms with E-state index in [4.69, 9.17) is 9.47 Å². The summed E-state index contributed by atoms with van der Waals surface area (Å²) in [4.78, 5) is 2.51. The molecule has 0 amide bonds. The Morgan fingerprint density at radius 3 is 2.56 bits per heavy atom. The quantitative estimate of drug-likeness (QED) is 0.754. The van der Waals surface area contributed by atoms with E-state index in [0.29, 0.717) is 27.7 Å². The molecule has 0 N–H and O–H groups in total. The van der Waals surface area contributed by atoms with E-state index in [-0.39, 0.29) is 0 Å². The van der Waals surface area contributed by atoms with Crippen LogP contribution in [0.2, 0.25) is 0 Å². The second kappa shape index (κ2) is 3.95. The zero-order valence-electron chi connectivity index (χ0n) is 9.20. The molecule has 0 atom stereocenters. The Labute approximate surface area is 105 Å². The topological polar surface area (TPSA) is 18.5 Å². The van der Waals surface area contributed by atoms with Gasteiger partial charge >= 0.3 is 105 Å². The van der Waals surface area contributed by atoms with Crippen molar-refractivity contribution in [3.8, 4) is 20.8 Å². The SMILES string of the molecule is Cc1ccc(-c2sc(C)c3c2OCCO3)[se]1. The molecule has 4 heteroatoms. The molecule has 0 spiro atoms. The molecule has 2 aromatic rings. The molecule has 0 saturated heterocycles. The van der Waals surface area contributed by atoms with Gasteiger partial charge in [-0.2, -0.15) is 0 Å². The summed E-state index contributed by atoms with van der Waals surface area (Å²) in [5, 5.41) is 0. The van der Waals surface area contributed by atoms with Crippen molar-refractivity contribution in [2.45, 2.75) is 13.8 Å². The molecule has 16 heavy (non-hydrogen) atoms. The van der Waals surface area contributed by atoms with E-state index >= 15 is 0 Å². The van der Waals surface area contributed by atoms with Gasteiger partial charge in [0.2, 0.25) is 0 Å². The average Bonchev–Trinajstić information content (AvgIpc) is 2.84. The van der Waals surface area contributed by atoms with Gasteiger partial charge in [0.05, 0.1) is 0 Å². The predicted molar refractivity (Wildman–Crippen MR) is 67.2 cm³/mol. The van der Waals surface area contributed by atoms with Crippen LogP contribution in [0.25, 0.3) is 9.31 Å². The van der Waals surface area contributed by atoms with Crippen LogP contribution in [0.4, 0.5) is 0 Å². The van der Waals surface area contributed by atoms with Crippen LogP contribution < -0.4 is 9.47 Å². The van der Waals surface area contributed by atoms with E-state index in [1.54, 1.807) is 11.3 Å². The van der Waals surface area contributed by atoms with Crippen molar-refractivity contribution in [3.05, 3.63) is 21.4 Å². The van der Waals surface area contributed by atoms with Crippen LogP contribution in [0.1, 0.15) is 9.31 Å². The van der Waals surface area contributed by atoms with Crippen LogP contribution in [0, 0.1) is 13.8 Å². The molecule has 84 valence electrons. The van der Waals surface area contributed by atoms with Crippen molar-refractivity contribution in [1.29, 1.82) is 0 Å². The Balaban J connectivity index is 2.14. The minimum absolute atomic E-state index is 0.464. The summed E-state index contributed by atoms with van der Waals surface area (Å²) in [6.07, 6.45) is 0. The fourth-order valence-electron chi connectivity index (χ4n) is 1.81. The Bertz CT molecular complexity index is 527. The van der Waals surface area contributed by atoms with E-state index in [2.05, 4.69) is 26.0 Å². The third-order valence-corrected chi connectivity index (χ3v) is 6.06. The molecule has 0 saturated carbocycles. The molecule has 0 radical (unpaired) electrons. The molecule has 0 aromatic carbocycles. The maximum absolute atomic E-state index is 5.75. The molecule has 3 heterocycles. The molecule has 3 rings (SSSR count). The van der Waals surface area contributed by atoms with Crippen molar-refractivity contribution >= 4 is 25.8 Å². The van der Waals surface area contributed by atoms with Gasteiger partial charge in [0, 0.05) is 0 Å². The summed E-state index contributed by atoms with van der Waals surface area (Å²) in [5.41, 5.74) is 0. The molecule has 2 aromatic heterocycles. The summed E-state index contributed by atoms with van der Waals surface area (Å²) in [6, 6.07) is 4.43. The summed E-state index contributed by atoms with van der Waals surface area (Å²) < 4.78 is 14.3. The van der Waals surface area contributed by atoms with Crippen molar-refractivity contribution in [2.75, 3.05) is 13.2 Å². The van der Waals surface area contributed by atoms with Crippen LogP contribution >= 0.6 is 11.3 Å². The molecule has 0 unspecified atom stereocenters. The fourth-order valence-corrected chi connectivity index (χ4v) is 4.94. The monoisotopic (exact) mass is 300 g/mol. The summed E-state index contributed by atoms with van der Waals surface area (Å²) in [5.74, 6) is 1.94. The van der Waals surface area contributed by atoms with Crippen LogP contribution in [-0.2, 0) is 0 Å². The standard InChI is InChI=1S/C12H12O2SSe/c1-7-3-4-9(16-7)12-11-10(8(2)15-12)13-5-6-14-11/h3-4H,5-6H2,1-2H3. The number of aryl methyl sites for hydroxylation is 2. The van der Waals surface area contributed by atoms with Crippen LogP contribution in [0.15, 0.2) is 12.1 Å². The van der Waals surface area contributed by atoms with Gasteiger partial charge in [-0.05, 0) is 0 Å². The molecule has 0 fully saturated rings. The molecule has 0 aliphatic carbocycles. The number of hydrogen-bond donors (Lipinski definition) is 0. The third-order valence-electron chi connectivity index (χ3n) is 2.53. The first-order valence-corrected chi connectivity index (χ1v) is 7.74. The van der Waals surface area contributed by atoms with Crippen molar-refractivity contribution in [3.63, 3.8) is 0 Å². The van der Waals surface area contributed by atoms with Crippen LogP contribution in [-0.4, -0.2) is 27.7 Å². The van der Waals surface area contributed by atoms with Crippen molar-refractivity contribution in [2.24, 2.45) is 0 Å². The van der Waals surface area contributed by atoms with Crippen LogP contribution in [0.3, 0.4) is 0 Å². The van der Waals surface area contributed by atoms with Gasteiger partial charge in [0.25, 0.3) is 0 Å². The first-order chi connectivity index (χ1) is 7.75. The Kier molecular flexibility index (Phi) is 2.58. The predicted octanol–water partition coefficient (Wildman–Crippen LogP) is 2.86. The van der Waals surface area contributed by atoms with E-state index in [1.165, 1.54) is 18.6 Å². The Hall–Kier alpha value is -0.701. The van der Waals surface area contributed by atoms with Gasteiger partial charge in [-0.1, -0.05) is 0 Å². The molecule has 0 bridgehead atoms. The number of ether oxygens (including phenoxy) is 2. The Morgan fingerprint density at radius 2 is 1.88 bits per heavy atom. The Morgan fingerprint density at radius 1 is 1.12 bits per heavy atom. The van der Waals surface area contributed by atoms with E-state index in [0.717, 1.165) is 11.5 Å². The second-order valence-electron chi connectivity index (χ2n) is 3.75. The number of thiophene rings is 1. The number of rotatable bonds is 1. The summed E-state index contributed by atoms with van der Waals surface area (Å²) in [7, 11) is 0. The first-order valence-electron chi connectivity index (χ1n) is 5.21. The van der Waals surface area contributed by atoms with E-state index in [1.807, 2.05) is 0 Å². The molecular weight excluding hydrogens is 287 g/mol. The van der Waals surface area contributed by atoms with Gasteiger partial charge in [-0.15, -0.1) is 0 Å². The van der Waals surface area contributed by atoms with Gasteiger partial charge < -0.3 is 0 Å². The van der Waals surface area contributed by atoms with Gasteiger partial charge in [-0.25, -0.2) is 0 Å². The minimum atomic E-state index is 0.464. The third kappa shape index (κ3) is 1.61. The molecule has 2 nitrogen and oxygen atoms in total. The normalized spacial score (nSPS) is 14.1. The second-order valence-corrected chi connectivity index (χ2v) is 7.68. The molecular formula is C12H12O2SSe. The molecule has 1 aliphatic rings. The van der Waals surface area contributed by atoms with Crippen LogP contribution in [0.5, 0.6) is 11.5 Å². The number of fused-ring (bicyclic) bond motifs is 1. The van der Waals surface area contributed by atoms with Gasteiger partial charge in [0.1, 0.15) is 0 Å². The molecule has 1 aliphatic heterocycles. The maximum atomic E-state index is 5.75. The summed E-state index contributed by atoms with van der Waals surface area (Å²) >= 11 is 2.26. The fraction of sp³-hybridized carbons (Fsp3) is 0.333.